The summed E-state index contributed by atoms with van der Waals surface area (Å²) >= 11 is 0. The molecular weight excluding hydrogens is 349 g/mol. The van der Waals surface area contributed by atoms with Gasteiger partial charge in [0.2, 0.25) is 0 Å². The molecule has 2 atom stereocenters. The van der Waals surface area contributed by atoms with E-state index in [0.717, 1.165) is 29.5 Å². The van der Waals surface area contributed by atoms with Gasteiger partial charge in [-0.05, 0) is 43.0 Å². The van der Waals surface area contributed by atoms with Gasteiger partial charge in [0, 0.05) is 38.8 Å². The zero-order chi connectivity index (χ0) is 19.4. The minimum atomic E-state index is -0.248. The van der Waals surface area contributed by atoms with Crippen molar-refractivity contribution in [2.24, 2.45) is 7.05 Å². The molecule has 0 saturated carbocycles. The molecule has 2 unspecified atom stereocenters. The highest BCUT2D eigenvalue weighted by Crippen LogP contribution is 2.24. The zero-order valence-electron chi connectivity index (χ0n) is 15.5. The third kappa shape index (κ3) is 4.78. The molecule has 0 radical (unpaired) electrons. The predicted molar refractivity (Wildman–Crippen MR) is 99.5 cm³/mol. The lowest BCUT2D eigenvalue weighted by molar-refractivity contribution is 0.0783. The molecule has 144 valence electrons. The Kier molecular flexibility index (Phi) is 5.98. The molecule has 1 amide bonds. The van der Waals surface area contributed by atoms with Crippen LogP contribution >= 0.6 is 0 Å². The summed E-state index contributed by atoms with van der Waals surface area (Å²) in [6.45, 7) is 0.589. The largest absolute Gasteiger partial charge is 0.340 e. The van der Waals surface area contributed by atoms with Gasteiger partial charge in [0.25, 0.3) is 11.5 Å². The van der Waals surface area contributed by atoms with E-state index >= 15 is 0 Å². The summed E-state index contributed by atoms with van der Waals surface area (Å²) in [5.74, 6) is -0.439. The number of hydrazine groups is 1. The first-order chi connectivity index (χ1) is 12.9. The Morgan fingerprint density at radius 1 is 1.33 bits per heavy atom. The molecule has 2 heterocycles. The number of aromatic nitrogens is 2. The van der Waals surface area contributed by atoms with Crippen molar-refractivity contribution in [2.75, 3.05) is 13.6 Å². The van der Waals surface area contributed by atoms with Gasteiger partial charge in [0.05, 0.1) is 0 Å². The molecule has 0 bridgehead atoms. The van der Waals surface area contributed by atoms with Gasteiger partial charge in [-0.15, -0.1) is 0 Å². The van der Waals surface area contributed by atoms with Gasteiger partial charge in [-0.2, -0.15) is 5.10 Å². The highest BCUT2D eigenvalue weighted by Gasteiger charge is 2.25. The van der Waals surface area contributed by atoms with Crippen molar-refractivity contribution in [2.45, 2.75) is 31.3 Å². The number of benzene rings is 1. The molecule has 1 aliphatic heterocycles. The summed E-state index contributed by atoms with van der Waals surface area (Å²) in [4.78, 5) is 25.4. The second-order valence-electron chi connectivity index (χ2n) is 6.88. The van der Waals surface area contributed by atoms with Crippen LogP contribution in [-0.2, 0) is 7.05 Å². The van der Waals surface area contributed by atoms with E-state index in [4.69, 9.17) is 0 Å². The first-order valence-corrected chi connectivity index (χ1v) is 9.00. The van der Waals surface area contributed by atoms with Gasteiger partial charge >= 0.3 is 0 Å². The van der Waals surface area contributed by atoms with Crippen LogP contribution in [0.15, 0.2) is 41.2 Å². The van der Waals surface area contributed by atoms with Crippen LogP contribution in [-0.4, -0.2) is 40.2 Å². The highest BCUT2D eigenvalue weighted by atomic mass is 19.1. The number of nitrogens with zero attached hydrogens (tertiary/aromatic N) is 3. The second kappa shape index (κ2) is 8.41. The first-order valence-electron chi connectivity index (χ1n) is 9.00. The van der Waals surface area contributed by atoms with E-state index in [2.05, 4.69) is 16.0 Å². The Morgan fingerprint density at radius 3 is 2.89 bits per heavy atom. The molecular formula is C19H24FN5O2. The molecule has 8 heteroatoms. The topological polar surface area (TPSA) is 79.3 Å². The normalized spacial score (nSPS) is 19.2. The summed E-state index contributed by atoms with van der Waals surface area (Å²) in [5.41, 5.74) is 7.39. The number of amides is 1. The number of nitrogens with one attached hydrogen (secondary N) is 2. The lowest BCUT2D eigenvalue weighted by Gasteiger charge is -2.18. The minimum absolute atomic E-state index is 0.0832. The highest BCUT2D eigenvalue weighted by molar-refractivity contribution is 5.91. The van der Waals surface area contributed by atoms with Crippen LogP contribution in [0.4, 0.5) is 4.39 Å². The molecule has 27 heavy (non-hydrogen) atoms. The lowest BCUT2D eigenvalue weighted by atomic mass is 9.99. The SMILES string of the molecule is CN(CCCC1CC(c2cccc(F)c2)NN1)C(=O)c1ccc(=O)n(C)n1. The van der Waals surface area contributed by atoms with Crippen molar-refractivity contribution in [1.82, 2.24) is 25.5 Å². The quantitative estimate of drug-likeness (QED) is 0.800. The van der Waals surface area contributed by atoms with Crippen molar-refractivity contribution in [3.63, 3.8) is 0 Å². The average Bonchev–Trinajstić information content (AvgIpc) is 3.12. The second-order valence-corrected chi connectivity index (χ2v) is 6.88. The standard InChI is InChI=1S/C19H24FN5O2/c1-24(19(27)16-8-9-18(26)25(2)23-16)10-4-7-15-12-17(22-21-15)13-5-3-6-14(20)11-13/h3,5-6,8-9,11,15,17,21-22H,4,7,10,12H2,1-2H3. The Morgan fingerprint density at radius 2 is 2.15 bits per heavy atom. The summed E-state index contributed by atoms with van der Waals surface area (Å²) in [7, 11) is 3.25. The molecule has 1 aromatic heterocycles. The van der Waals surface area contributed by atoms with E-state index in [1.165, 1.54) is 25.2 Å². The Bertz CT molecular complexity index is 869. The number of halogens is 1. The molecule has 2 aromatic rings. The Balaban J connectivity index is 1.46. The summed E-state index contributed by atoms with van der Waals surface area (Å²) in [6.07, 6.45) is 2.57. The third-order valence-electron chi connectivity index (χ3n) is 4.81. The molecule has 1 aliphatic rings. The number of rotatable bonds is 6. The van der Waals surface area contributed by atoms with Gasteiger partial charge in [-0.3, -0.25) is 20.4 Å². The maximum atomic E-state index is 13.4. The van der Waals surface area contributed by atoms with E-state index in [9.17, 15) is 14.0 Å². The zero-order valence-corrected chi connectivity index (χ0v) is 15.5. The number of hydrogen-bond donors (Lipinski definition) is 2. The lowest BCUT2D eigenvalue weighted by Crippen LogP contribution is -2.33. The molecule has 1 aromatic carbocycles. The monoisotopic (exact) mass is 373 g/mol. The fraction of sp³-hybridized carbons (Fsp3) is 0.421. The van der Waals surface area contributed by atoms with Crippen LogP contribution in [0.5, 0.6) is 0 Å². The van der Waals surface area contributed by atoms with Gasteiger partial charge < -0.3 is 4.90 Å². The minimum Gasteiger partial charge on any atom is -0.340 e. The number of hydrogen-bond acceptors (Lipinski definition) is 5. The summed E-state index contributed by atoms with van der Waals surface area (Å²) in [5, 5.41) is 3.99. The van der Waals surface area contributed by atoms with Gasteiger partial charge in [0.15, 0.2) is 0 Å². The summed E-state index contributed by atoms with van der Waals surface area (Å²) in [6, 6.07) is 9.76. The van der Waals surface area contributed by atoms with E-state index in [-0.39, 0.29) is 35.1 Å². The number of carbonyl (C=O) groups is 1. The van der Waals surface area contributed by atoms with Gasteiger partial charge in [-0.25, -0.2) is 9.07 Å². The smallest absolute Gasteiger partial charge is 0.274 e. The molecule has 1 saturated heterocycles. The summed E-state index contributed by atoms with van der Waals surface area (Å²) < 4.78 is 14.5. The van der Waals surface area contributed by atoms with Crippen molar-refractivity contribution < 1.29 is 9.18 Å². The van der Waals surface area contributed by atoms with E-state index in [0.29, 0.717) is 6.54 Å². The van der Waals surface area contributed by atoms with Crippen molar-refractivity contribution in [1.29, 1.82) is 0 Å². The van der Waals surface area contributed by atoms with Crippen LogP contribution in [0.3, 0.4) is 0 Å². The van der Waals surface area contributed by atoms with Crippen LogP contribution < -0.4 is 16.4 Å². The molecule has 0 aliphatic carbocycles. The van der Waals surface area contributed by atoms with E-state index in [1.807, 2.05) is 6.07 Å². The van der Waals surface area contributed by atoms with Crippen LogP contribution in [0.2, 0.25) is 0 Å². The Hall–Kier alpha value is -2.58. The molecule has 7 nitrogen and oxygen atoms in total. The van der Waals surface area contributed by atoms with E-state index in [1.54, 1.807) is 24.1 Å². The average molecular weight is 373 g/mol. The van der Waals surface area contributed by atoms with E-state index < -0.39 is 0 Å². The molecule has 0 spiro atoms. The molecule has 1 fully saturated rings. The Labute approximate surface area is 157 Å². The van der Waals surface area contributed by atoms with Crippen molar-refractivity contribution >= 4 is 5.91 Å². The first kappa shape index (κ1) is 19.2. The van der Waals surface area contributed by atoms with Crippen LogP contribution in [0.25, 0.3) is 0 Å². The fourth-order valence-electron chi connectivity index (χ4n) is 3.24. The van der Waals surface area contributed by atoms with Gasteiger partial charge in [-0.1, -0.05) is 12.1 Å². The molecule has 2 N–H and O–H groups in total. The number of carbonyl (C=O) groups excluding carboxylic acids is 1. The van der Waals surface area contributed by atoms with Crippen molar-refractivity contribution in [3.05, 3.63) is 63.8 Å². The predicted octanol–water partition coefficient (Wildman–Crippen LogP) is 1.38. The van der Waals surface area contributed by atoms with Gasteiger partial charge in [0.1, 0.15) is 11.5 Å². The third-order valence-corrected chi connectivity index (χ3v) is 4.81. The molecule has 3 rings (SSSR count). The van der Waals surface area contributed by atoms with Crippen LogP contribution in [0, 0.1) is 5.82 Å². The maximum Gasteiger partial charge on any atom is 0.274 e. The van der Waals surface area contributed by atoms with Crippen LogP contribution in [0.1, 0.15) is 41.4 Å². The number of aryl methyl sites for hydroxylation is 1. The maximum absolute atomic E-state index is 13.4. The fourth-order valence-corrected chi connectivity index (χ4v) is 3.24. The van der Waals surface area contributed by atoms with Crippen molar-refractivity contribution in [3.8, 4) is 0 Å².